The van der Waals surface area contributed by atoms with Crippen molar-refractivity contribution < 1.29 is 9.90 Å². The molecule has 0 aliphatic carbocycles. The smallest absolute Gasteiger partial charge is 0.358 e. The molecule has 7 heteroatoms. The lowest BCUT2D eigenvalue weighted by Crippen LogP contribution is -2.02. The first kappa shape index (κ1) is 8.30. The molecule has 2 rings (SSSR count). The van der Waals surface area contributed by atoms with E-state index in [0.717, 1.165) is 0 Å². The summed E-state index contributed by atoms with van der Waals surface area (Å²) in [5.74, 6) is -1.11. The molecule has 0 unspecified atom stereocenters. The molecule has 0 fully saturated rings. The number of hydrogen-bond donors (Lipinski definition) is 1. The number of carboxylic acids is 1. The zero-order valence-electron chi connectivity index (χ0n) is 6.90. The molecule has 14 heavy (non-hydrogen) atoms. The highest BCUT2D eigenvalue weighted by atomic mass is 16.4. The minimum absolute atomic E-state index is 0.109. The van der Waals surface area contributed by atoms with Crippen LogP contribution in [0.5, 0.6) is 0 Å². The Balaban J connectivity index is 2.39. The quantitative estimate of drug-likeness (QED) is 0.703. The van der Waals surface area contributed by atoms with Crippen molar-refractivity contribution in [2.75, 3.05) is 0 Å². The predicted octanol–water partition coefficient (Wildman–Crippen LogP) is -0.244. The van der Waals surface area contributed by atoms with E-state index in [1.807, 2.05) is 0 Å². The molecule has 0 spiro atoms. The number of carboxylic acid groups (broad SMARTS) is 1. The fourth-order valence-corrected chi connectivity index (χ4v) is 0.887. The third-order valence-electron chi connectivity index (χ3n) is 1.51. The molecule has 2 heterocycles. The monoisotopic (exact) mass is 191 g/mol. The summed E-state index contributed by atoms with van der Waals surface area (Å²) in [7, 11) is 0. The summed E-state index contributed by atoms with van der Waals surface area (Å²) in [6.07, 6.45) is 4.08. The number of hydrogen-bond acceptors (Lipinski definition) is 5. The Morgan fingerprint density at radius 3 is 2.79 bits per heavy atom. The van der Waals surface area contributed by atoms with Crippen molar-refractivity contribution in [2.45, 2.75) is 0 Å². The molecule has 0 aliphatic heterocycles. The summed E-state index contributed by atoms with van der Waals surface area (Å²) in [4.78, 5) is 11.7. The summed E-state index contributed by atoms with van der Waals surface area (Å²) in [5, 5.41) is 23.3. The van der Waals surface area contributed by atoms with Gasteiger partial charge in [-0.1, -0.05) is 0 Å². The highest BCUT2D eigenvalue weighted by Gasteiger charge is 2.08. The third-order valence-corrected chi connectivity index (χ3v) is 1.51. The van der Waals surface area contributed by atoms with Gasteiger partial charge in [0.15, 0.2) is 5.69 Å². The van der Waals surface area contributed by atoms with E-state index < -0.39 is 5.97 Å². The Labute approximate surface area is 78.0 Å². The van der Waals surface area contributed by atoms with Crippen LogP contribution in [0.15, 0.2) is 24.7 Å². The Kier molecular flexibility index (Phi) is 1.90. The average molecular weight is 191 g/mol. The van der Waals surface area contributed by atoms with E-state index >= 15 is 0 Å². The second-order valence-corrected chi connectivity index (χ2v) is 2.43. The van der Waals surface area contributed by atoms with Gasteiger partial charge in [-0.25, -0.2) is 4.79 Å². The second-order valence-electron chi connectivity index (χ2n) is 2.43. The van der Waals surface area contributed by atoms with E-state index in [-0.39, 0.29) is 5.69 Å². The molecular weight excluding hydrogens is 186 g/mol. The lowest BCUT2D eigenvalue weighted by atomic mass is 10.5. The molecule has 2 aromatic rings. The molecular formula is C7H5N5O2. The molecule has 0 saturated heterocycles. The maximum Gasteiger partial charge on any atom is 0.358 e. The van der Waals surface area contributed by atoms with Crippen molar-refractivity contribution in [3.63, 3.8) is 0 Å². The minimum atomic E-state index is -1.11. The maximum atomic E-state index is 10.5. The van der Waals surface area contributed by atoms with Crippen molar-refractivity contribution in [2.24, 2.45) is 0 Å². The summed E-state index contributed by atoms with van der Waals surface area (Å²) < 4.78 is 0. The lowest BCUT2D eigenvalue weighted by Gasteiger charge is -1.94. The van der Waals surface area contributed by atoms with Gasteiger partial charge in [-0.15, -0.1) is 9.90 Å². The molecule has 2 aromatic heterocycles. The van der Waals surface area contributed by atoms with E-state index in [2.05, 4.69) is 20.4 Å². The molecule has 0 aromatic carbocycles. The second kappa shape index (κ2) is 3.21. The van der Waals surface area contributed by atoms with Crippen molar-refractivity contribution in [3.8, 4) is 5.69 Å². The molecule has 1 N–H and O–H groups in total. The van der Waals surface area contributed by atoms with E-state index in [9.17, 15) is 4.79 Å². The van der Waals surface area contributed by atoms with Gasteiger partial charge in [-0.2, -0.15) is 15.3 Å². The van der Waals surface area contributed by atoms with E-state index in [1.54, 1.807) is 6.07 Å². The molecule has 0 saturated carbocycles. The molecule has 70 valence electrons. The lowest BCUT2D eigenvalue weighted by molar-refractivity contribution is 0.0690. The Bertz CT molecular complexity index is 452. The highest BCUT2D eigenvalue weighted by molar-refractivity contribution is 5.84. The highest BCUT2D eigenvalue weighted by Crippen LogP contribution is 2.00. The maximum absolute atomic E-state index is 10.5. The van der Waals surface area contributed by atoms with E-state index in [4.69, 9.17) is 5.11 Å². The number of carbonyl (C=O) groups is 1. The van der Waals surface area contributed by atoms with Crippen LogP contribution in [0.1, 0.15) is 10.5 Å². The van der Waals surface area contributed by atoms with Crippen molar-refractivity contribution >= 4 is 5.97 Å². The van der Waals surface area contributed by atoms with Gasteiger partial charge in [-0.05, 0) is 6.07 Å². The fourth-order valence-electron chi connectivity index (χ4n) is 0.887. The van der Waals surface area contributed by atoms with Crippen LogP contribution in [-0.4, -0.2) is 36.3 Å². The largest absolute Gasteiger partial charge is 0.476 e. The van der Waals surface area contributed by atoms with E-state index in [0.29, 0.717) is 5.69 Å². The van der Waals surface area contributed by atoms with Crippen LogP contribution in [0.2, 0.25) is 0 Å². The number of rotatable bonds is 2. The first-order valence-electron chi connectivity index (χ1n) is 3.70. The first-order chi connectivity index (χ1) is 6.77. The zero-order valence-corrected chi connectivity index (χ0v) is 6.90. The average Bonchev–Trinajstić information content (AvgIpc) is 2.68. The standard InChI is InChI=1S/C7H5N5O2/c13-7(14)6-4-10-12(11-6)5-1-2-8-9-3-5/h1-4H,(H,13,14). The van der Waals surface area contributed by atoms with Gasteiger partial charge in [-0.3, -0.25) is 0 Å². The molecule has 0 amide bonds. The molecule has 0 aliphatic rings. The van der Waals surface area contributed by atoms with Crippen molar-refractivity contribution in [3.05, 3.63) is 30.4 Å². The van der Waals surface area contributed by atoms with Crippen LogP contribution in [0, 0.1) is 0 Å². The van der Waals surface area contributed by atoms with Crippen LogP contribution in [0.25, 0.3) is 5.69 Å². The van der Waals surface area contributed by atoms with Crippen LogP contribution >= 0.6 is 0 Å². The first-order valence-corrected chi connectivity index (χ1v) is 3.70. The van der Waals surface area contributed by atoms with Crippen LogP contribution in [-0.2, 0) is 0 Å². The van der Waals surface area contributed by atoms with Gasteiger partial charge >= 0.3 is 5.97 Å². The SMILES string of the molecule is O=C(O)c1cnn(-c2ccnnc2)n1. The minimum Gasteiger partial charge on any atom is -0.476 e. The zero-order chi connectivity index (χ0) is 9.97. The summed E-state index contributed by atoms with van der Waals surface area (Å²) in [5.41, 5.74) is 0.453. The Morgan fingerprint density at radius 1 is 1.36 bits per heavy atom. The van der Waals surface area contributed by atoms with Gasteiger partial charge in [0.05, 0.1) is 18.6 Å². The summed E-state index contributed by atoms with van der Waals surface area (Å²) in [6, 6.07) is 1.62. The molecule has 0 atom stereocenters. The van der Waals surface area contributed by atoms with Gasteiger partial charge < -0.3 is 5.11 Å². The Morgan fingerprint density at radius 2 is 2.21 bits per heavy atom. The van der Waals surface area contributed by atoms with Gasteiger partial charge in [0.25, 0.3) is 0 Å². The Hall–Kier alpha value is -2.31. The van der Waals surface area contributed by atoms with Crippen molar-refractivity contribution in [1.82, 2.24) is 25.2 Å². The van der Waals surface area contributed by atoms with Gasteiger partial charge in [0, 0.05) is 0 Å². The normalized spacial score (nSPS) is 10.0. The van der Waals surface area contributed by atoms with Crippen LogP contribution in [0.4, 0.5) is 0 Å². The van der Waals surface area contributed by atoms with E-state index in [1.165, 1.54) is 23.4 Å². The number of aromatic nitrogens is 5. The fraction of sp³-hybridized carbons (Fsp3) is 0. The number of nitrogens with zero attached hydrogens (tertiary/aromatic N) is 5. The molecule has 7 nitrogen and oxygen atoms in total. The predicted molar refractivity (Wildman–Crippen MR) is 43.9 cm³/mol. The van der Waals surface area contributed by atoms with Crippen molar-refractivity contribution in [1.29, 1.82) is 0 Å². The van der Waals surface area contributed by atoms with Crippen LogP contribution in [0.3, 0.4) is 0 Å². The molecule has 0 radical (unpaired) electrons. The van der Waals surface area contributed by atoms with Gasteiger partial charge in [0.2, 0.25) is 0 Å². The number of aromatic carboxylic acids is 1. The summed E-state index contributed by atoms with van der Waals surface area (Å²) >= 11 is 0. The topological polar surface area (TPSA) is 93.8 Å². The van der Waals surface area contributed by atoms with Crippen LogP contribution < -0.4 is 0 Å². The van der Waals surface area contributed by atoms with Gasteiger partial charge in [0.1, 0.15) is 5.69 Å². The molecule has 0 bridgehead atoms. The summed E-state index contributed by atoms with van der Waals surface area (Å²) in [6.45, 7) is 0. The third kappa shape index (κ3) is 1.42.